The predicted octanol–water partition coefficient (Wildman–Crippen LogP) is 3.48. The summed E-state index contributed by atoms with van der Waals surface area (Å²) in [6.07, 6.45) is 0.554. The highest BCUT2D eigenvalue weighted by atomic mass is 32.2. The maximum absolute atomic E-state index is 12.3. The molecule has 1 amide bonds. The topological polar surface area (TPSA) is 95.1 Å². The van der Waals surface area contributed by atoms with E-state index in [1.54, 1.807) is 19.2 Å². The summed E-state index contributed by atoms with van der Waals surface area (Å²) in [5.74, 6) is 7.42. The molecule has 0 aliphatic heterocycles. The number of nitrogen functional groups attached to an aromatic ring is 1. The third-order valence-electron chi connectivity index (χ3n) is 4.68. The minimum atomic E-state index is -0.178. The van der Waals surface area contributed by atoms with Crippen molar-refractivity contribution in [2.45, 2.75) is 11.6 Å². The Morgan fingerprint density at radius 2 is 1.83 bits per heavy atom. The number of benzene rings is 3. The van der Waals surface area contributed by atoms with Crippen LogP contribution in [0, 0.1) is 0 Å². The van der Waals surface area contributed by atoms with Gasteiger partial charge in [-0.1, -0.05) is 66.4 Å². The van der Waals surface area contributed by atoms with E-state index in [1.807, 2.05) is 30.3 Å². The van der Waals surface area contributed by atoms with Crippen LogP contribution >= 0.6 is 11.8 Å². The zero-order valence-electron chi connectivity index (χ0n) is 16.4. The number of nitrogens with two attached hydrogens (primary N) is 1. The number of nitrogens with zero attached hydrogens (tertiary/aromatic N) is 3. The zero-order valence-corrected chi connectivity index (χ0v) is 17.2. The SMILES string of the molecule is COc1ccccc1NC(=O)CSc1nnc(Cc2cccc3ccccc23)n1N. The summed E-state index contributed by atoms with van der Waals surface area (Å²) in [5, 5.41) is 14.0. The van der Waals surface area contributed by atoms with Crippen molar-refractivity contribution >= 4 is 34.1 Å². The number of hydrogen-bond donors (Lipinski definition) is 2. The number of thioether (sulfide) groups is 1. The number of carbonyl (C=O) groups excluding carboxylic acids is 1. The number of rotatable bonds is 7. The van der Waals surface area contributed by atoms with Gasteiger partial charge in [0, 0.05) is 6.42 Å². The normalized spacial score (nSPS) is 10.8. The molecule has 30 heavy (non-hydrogen) atoms. The molecule has 0 aliphatic carbocycles. The van der Waals surface area contributed by atoms with Crippen molar-refractivity contribution < 1.29 is 9.53 Å². The molecule has 0 saturated heterocycles. The number of ether oxygens (including phenoxy) is 1. The Kier molecular flexibility index (Phi) is 5.85. The van der Waals surface area contributed by atoms with Crippen LogP contribution in [0.4, 0.5) is 5.69 Å². The van der Waals surface area contributed by atoms with Crippen molar-refractivity contribution in [3.63, 3.8) is 0 Å². The summed E-state index contributed by atoms with van der Waals surface area (Å²) in [7, 11) is 1.56. The van der Waals surface area contributed by atoms with Crippen LogP contribution in [0.1, 0.15) is 11.4 Å². The van der Waals surface area contributed by atoms with Crippen molar-refractivity contribution in [2.24, 2.45) is 0 Å². The number of aromatic nitrogens is 3. The first-order chi connectivity index (χ1) is 14.7. The van der Waals surface area contributed by atoms with E-state index in [2.05, 4.69) is 39.8 Å². The lowest BCUT2D eigenvalue weighted by molar-refractivity contribution is -0.113. The smallest absolute Gasteiger partial charge is 0.234 e. The first-order valence-corrected chi connectivity index (χ1v) is 10.4. The molecule has 3 aromatic carbocycles. The first kappa shape index (κ1) is 19.8. The number of para-hydroxylation sites is 2. The van der Waals surface area contributed by atoms with Crippen LogP contribution in [0.2, 0.25) is 0 Å². The Labute approximate surface area is 178 Å². The summed E-state index contributed by atoms with van der Waals surface area (Å²) in [5.41, 5.74) is 1.74. The highest BCUT2D eigenvalue weighted by Gasteiger charge is 2.14. The van der Waals surface area contributed by atoms with Crippen molar-refractivity contribution in [3.05, 3.63) is 78.1 Å². The Morgan fingerprint density at radius 3 is 2.70 bits per heavy atom. The summed E-state index contributed by atoms with van der Waals surface area (Å²) in [6, 6.07) is 21.6. The maximum Gasteiger partial charge on any atom is 0.234 e. The highest BCUT2D eigenvalue weighted by Crippen LogP contribution is 2.24. The molecule has 0 spiro atoms. The van der Waals surface area contributed by atoms with E-state index in [1.165, 1.54) is 21.8 Å². The fourth-order valence-electron chi connectivity index (χ4n) is 3.21. The molecule has 4 aromatic rings. The Bertz CT molecular complexity index is 1190. The van der Waals surface area contributed by atoms with Crippen molar-refractivity contribution in [1.29, 1.82) is 0 Å². The molecule has 0 unspecified atom stereocenters. The molecule has 3 N–H and O–H groups in total. The summed E-state index contributed by atoms with van der Waals surface area (Å²) in [4.78, 5) is 12.3. The van der Waals surface area contributed by atoms with Gasteiger partial charge < -0.3 is 15.9 Å². The van der Waals surface area contributed by atoms with Crippen LogP contribution in [0.3, 0.4) is 0 Å². The summed E-state index contributed by atoms with van der Waals surface area (Å²) < 4.78 is 6.70. The molecule has 0 atom stereocenters. The standard InChI is InChI=1S/C22H21N5O2S/c1-29-19-12-5-4-11-18(19)24-21(28)14-30-22-26-25-20(27(22)23)13-16-9-6-8-15-7-2-3-10-17(15)16/h2-12H,13-14,23H2,1H3,(H,24,28). The average molecular weight is 420 g/mol. The van der Waals surface area contributed by atoms with Gasteiger partial charge in [-0.05, 0) is 28.5 Å². The van der Waals surface area contributed by atoms with Gasteiger partial charge in [-0.2, -0.15) is 0 Å². The first-order valence-electron chi connectivity index (χ1n) is 9.37. The molecule has 1 heterocycles. The van der Waals surface area contributed by atoms with E-state index in [0.717, 1.165) is 10.9 Å². The molecule has 0 aliphatic rings. The molecular weight excluding hydrogens is 398 g/mol. The quantitative estimate of drug-likeness (QED) is 0.352. The monoisotopic (exact) mass is 419 g/mol. The van der Waals surface area contributed by atoms with Gasteiger partial charge in [0.15, 0.2) is 5.82 Å². The number of methoxy groups -OCH3 is 1. The lowest BCUT2D eigenvalue weighted by Crippen LogP contribution is -2.17. The zero-order chi connectivity index (χ0) is 20.9. The van der Waals surface area contributed by atoms with E-state index in [4.69, 9.17) is 10.6 Å². The number of hydrogen-bond acceptors (Lipinski definition) is 6. The number of amides is 1. The molecule has 0 fully saturated rings. The van der Waals surface area contributed by atoms with E-state index in [9.17, 15) is 4.79 Å². The van der Waals surface area contributed by atoms with E-state index >= 15 is 0 Å². The summed E-state index contributed by atoms with van der Waals surface area (Å²) >= 11 is 1.23. The highest BCUT2D eigenvalue weighted by molar-refractivity contribution is 7.99. The van der Waals surface area contributed by atoms with E-state index in [0.29, 0.717) is 28.8 Å². The molecule has 1 aromatic heterocycles. The molecule has 0 saturated carbocycles. The van der Waals surface area contributed by atoms with Crippen LogP contribution < -0.4 is 15.9 Å². The van der Waals surface area contributed by atoms with E-state index in [-0.39, 0.29) is 11.7 Å². The number of anilines is 1. The van der Waals surface area contributed by atoms with Crippen molar-refractivity contribution in [3.8, 4) is 5.75 Å². The molecule has 0 bridgehead atoms. The molecule has 4 rings (SSSR count). The van der Waals surface area contributed by atoms with Gasteiger partial charge in [-0.15, -0.1) is 10.2 Å². The van der Waals surface area contributed by atoms with Gasteiger partial charge in [0.1, 0.15) is 5.75 Å². The van der Waals surface area contributed by atoms with Gasteiger partial charge in [0.2, 0.25) is 11.1 Å². The molecule has 8 heteroatoms. The van der Waals surface area contributed by atoms with Crippen molar-refractivity contribution in [2.75, 3.05) is 24.0 Å². The lowest BCUT2D eigenvalue weighted by atomic mass is 10.0. The average Bonchev–Trinajstić information content (AvgIpc) is 3.12. The van der Waals surface area contributed by atoms with Crippen LogP contribution in [-0.4, -0.2) is 33.6 Å². The second kappa shape index (κ2) is 8.87. The van der Waals surface area contributed by atoms with Crippen LogP contribution in [-0.2, 0) is 11.2 Å². The molecular formula is C22H21N5O2S. The van der Waals surface area contributed by atoms with Crippen LogP contribution in [0.15, 0.2) is 71.9 Å². The fourth-order valence-corrected chi connectivity index (χ4v) is 3.88. The van der Waals surface area contributed by atoms with Gasteiger partial charge in [0.25, 0.3) is 0 Å². The number of nitrogens with one attached hydrogen (secondary N) is 1. The predicted molar refractivity (Wildman–Crippen MR) is 119 cm³/mol. The van der Waals surface area contributed by atoms with Crippen LogP contribution in [0.25, 0.3) is 10.8 Å². The molecule has 7 nitrogen and oxygen atoms in total. The third-order valence-corrected chi connectivity index (χ3v) is 5.62. The summed E-state index contributed by atoms with van der Waals surface area (Å²) in [6.45, 7) is 0. The van der Waals surface area contributed by atoms with Gasteiger partial charge >= 0.3 is 0 Å². The third kappa shape index (κ3) is 4.23. The molecule has 152 valence electrons. The van der Waals surface area contributed by atoms with Gasteiger partial charge in [-0.3, -0.25) is 4.79 Å². The number of carbonyl (C=O) groups is 1. The Balaban J connectivity index is 1.43. The largest absolute Gasteiger partial charge is 0.495 e. The Hall–Kier alpha value is -3.52. The lowest BCUT2D eigenvalue weighted by Gasteiger charge is -2.09. The number of fused-ring (bicyclic) bond motifs is 1. The fraction of sp³-hybridized carbons (Fsp3) is 0.136. The second-order valence-corrected chi connectivity index (χ2v) is 7.56. The maximum atomic E-state index is 12.3. The van der Waals surface area contributed by atoms with Crippen molar-refractivity contribution in [1.82, 2.24) is 14.9 Å². The van der Waals surface area contributed by atoms with Crippen LogP contribution in [0.5, 0.6) is 5.75 Å². The minimum Gasteiger partial charge on any atom is -0.495 e. The minimum absolute atomic E-state index is 0.154. The van der Waals surface area contributed by atoms with Gasteiger partial charge in [0.05, 0.1) is 18.6 Å². The second-order valence-electron chi connectivity index (χ2n) is 6.62. The molecule has 0 radical (unpaired) electrons. The van der Waals surface area contributed by atoms with E-state index < -0.39 is 0 Å². The van der Waals surface area contributed by atoms with Gasteiger partial charge in [-0.25, -0.2) is 4.68 Å². The Morgan fingerprint density at radius 1 is 1.07 bits per heavy atom.